The molecule has 0 saturated carbocycles. The summed E-state index contributed by atoms with van der Waals surface area (Å²) >= 11 is 0. The number of nitrogens with zero attached hydrogens (tertiary/aromatic N) is 1. The summed E-state index contributed by atoms with van der Waals surface area (Å²) < 4.78 is 0. The Hall–Kier alpha value is -0.830. The third-order valence-corrected chi connectivity index (χ3v) is 3.72. The third kappa shape index (κ3) is 3.34. The summed E-state index contributed by atoms with van der Waals surface area (Å²) in [5.41, 5.74) is 1.15. The van der Waals surface area contributed by atoms with E-state index in [9.17, 15) is 4.79 Å². The maximum Gasteiger partial charge on any atom is 0.157 e. The van der Waals surface area contributed by atoms with Crippen molar-refractivity contribution in [2.75, 3.05) is 26.7 Å². The molecular weight excluding hydrogens is 200 g/mol. The molecule has 0 amide bonds. The zero-order valence-corrected chi connectivity index (χ0v) is 10.2. The van der Waals surface area contributed by atoms with Crippen LogP contribution in [0.25, 0.3) is 0 Å². The molecule has 1 aliphatic heterocycles. The maximum absolute atomic E-state index is 11.0. The van der Waals surface area contributed by atoms with E-state index < -0.39 is 0 Å². The second kappa shape index (κ2) is 5.48. The van der Waals surface area contributed by atoms with Gasteiger partial charge >= 0.3 is 0 Å². The Balaban J connectivity index is 1.61. The van der Waals surface area contributed by atoms with Crippen LogP contribution < -0.4 is 5.32 Å². The summed E-state index contributed by atoms with van der Waals surface area (Å²) in [5.74, 6) is 1.16. The van der Waals surface area contributed by atoms with Gasteiger partial charge in [-0.2, -0.15) is 0 Å². The Bertz CT molecular complexity index is 278. The molecule has 3 heteroatoms. The molecule has 0 unspecified atom stereocenters. The van der Waals surface area contributed by atoms with Crippen molar-refractivity contribution in [3.05, 3.63) is 11.8 Å². The minimum absolute atomic E-state index is 0.279. The summed E-state index contributed by atoms with van der Waals surface area (Å²) in [5, 5.41) is 3.40. The van der Waals surface area contributed by atoms with E-state index in [0.29, 0.717) is 6.42 Å². The molecule has 1 saturated heterocycles. The van der Waals surface area contributed by atoms with Gasteiger partial charge in [0.25, 0.3) is 0 Å². The molecule has 16 heavy (non-hydrogen) atoms. The predicted octanol–water partition coefficient (Wildman–Crippen LogP) is 1.55. The van der Waals surface area contributed by atoms with Crippen LogP contribution in [0.3, 0.4) is 0 Å². The van der Waals surface area contributed by atoms with Crippen LogP contribution in [-0.2, 0) is 4.79 Å². The van der Waals surface area contributed by atoms with Crippen LogP contribution in [0.15, 0.2) is 11.8 Å². The van der Waals surface area contributed by atoms with Crippen LogP contribution in [0.4, 0.5) is 0 Å². The first-order valence-electron chi connectivity index (χ1n) is 6.40. The SMILES string of the molecule is CN1CCC(CCNC2=CC(=O)CC2)CC1. The molecule has 2 rings (SSSR count). The minimum atomic E-state index is 0.279. The van der Waals surface area contributed by atoms with Gasteiger partial charge in [-0.25, -0.2) is 0 Å². The van der Waals surface area contributed by atoms with Gasteiger partial charge in [0.1, 0.15) is 0 Å². The molecule has 3 nitrogen and oxygen atoms in total. The van der Waals surface area contributed by atoms with Crippen molar-refractivity contribution in [3.63, 3.8) is 0 Å². The summed E-state index contributed by atoms with van der Waals surface area (Å²) in [6, 6.07) is 0. The highest BCUT2D eigenvalue weighted by Gasteiger charge is 2.16. The first-order valence-corrected chi connectivity index (χ1v) is 6.40. The van der Waals surface area contributed by atoms with Gasteiger partial charge in [-0.05, 0) is 51.7 Å². The Morgan fingerprint density at radius 1 is 1.38 bits per heavy atom. The van der Waals surface area contributed by atoms with Crippen LogP contribution in [0, 0.1) is 5.92 Å². The molecule has 1 N–H and O–H groups in total. The number of nitrogens with one attached hydrogen (secondary N) is 1. The van der Waals surface area contributed by atoms with Crippen molar-refractivity contribution in [2.45, 2.75) is 32.1 Å². The molecule has 90 valence electrons. The number of allylic oxidation sites excluding steroid dienone is 2. The van der Waals surface area contributed by atoms with E-state index in [1.54, 1.807) is 6.08 Å². The summed E-state index contributed by atoms with van der Waals surface area (Å²) in [4.78, 5) is 13.4. The monoisotopic (exact) mass is 222 g/mol. The molecule has 2 aliphatic rings. The highest BCUT2D eigenvalue weighted by molar-refractivity contribution is 5.92. The van der Waals surface area contributed by atoms with Gasteiger partial charge in [-0.15, -0.1) is 0 Å². The molecular formula is C13H22N2O. The molecule has 1 aliphatic carbocycles. The number of ketones is 1. The highest BCUT2D eigenvalue weighted by atomic mass is 16.1. The van der Waals surface area contributed by atoms with Crippen molar-refractivity contribution in [3.8, 4) is 0 Å². The Morgan fingerprint density at radius 3 is 2.75 bits per heavy atom. The van der Waals surface area contributed by atoms with Crippen LogP contribution in [0.2, 0.25) is 0 Å². The number of hydrogen-bond donors (Lipinski definition) is 1. The average Bonchev–Trinajstić information content (AvgIpc) is 2.67. The summed E-state index contributed by atoms with van der Waals surface area (Å²) in [6.07, 6.45) is 7.31. The maximum atomic E-state index is 11.0. The number of rotatable bonds is 4. The van der Waals surface area contributed by atoms with Crippen molar-refractivity contribution >= 4 is 5.78 Å². The number of carbonyl (C=O) groups excluding carboxylic acids is 1. The number of hydrogen-bond acceptors (Lipinski definition) is 3. The van der Waals surface area contributed by atoms with Crippen molar-refractivity contribution in [1.82, 2.24) is 10.2 Å². The van der Waals surface area contributed by atoms with Gasteiger partial charge in [-0.3, -0.25) is 4.79 Å². The lowest BCUT2D eigenvalue weighted by atomic mass is 9.94. The second-order valence-corrected chi connectivity index (χ2v) is 5.10. The lowest BCUT2D eigenvalue weighted by Gasteiger charge is -2.29. The number of carbonyl (C=O) groups is 1. The van der Waals surface area contributed by atoms with Crippen LogP contribution in [0.5, 0.6) is 0 Å². The zero-order chi connectivity index (χ0) is 11.4. The summed E-state index contributed by atoms with van der Waals surface area (Å²) in [6.45, 7) is 3.52. The van der Waals surface area contributed by atoms with E-state index in [-0.39, 0.29) is 5.78 Å². The zero-order valence-electron chi connectivity index (χ0n) is 10.2. The molecule has 1 fully saturated rings. The van der Waals surface area contributed by atoms with E-state index in [4.69, 9.17) is 0 Å². The van der Waals surface area contributed by atoms with Gasteiger partial charge in [0.2, 0.25) is 0 Å². The van der Waals surface area contributed by atoms with Crippen LogP contribution >= 0.6 is 0 Å². The smallest absolute Gasteiger partial charge is 0.157 e. The predicted molar refractivity (Wildman–Crippen MR) is 65.2 cm³/mol. The number of piperidine rings is 1. The second-order valence-electron chi connectivity index (χ2n) is 5.10. The quantitative estimate of drug-likeness (QED) is 0.783. The lowest BCUT2D eigenvalue weighted by Crippen LogP contribution is -2.31. The Kier molecular flexibility index (Phi) is 3.99. The molecule has 0 atom stereocenters. The highest BCUT2D eigenvalue weighted by Crippen LogP contribution is 2.19. The fourth-order valence-corrected chi connectivity index (χ4v) is 2.52. The Morgan fingerprint density at radius 2 is 2.12 bits per heavy atom. The molecule has 0 radical (unpaired) electrons. The fourth-order valence-electron chi connectivity index (χ4n) is 2.52. The van der Waals surface area contributed by atoms with E-state index in [2.05, 4.69) is 17.3 Å². The first-order chi connectivity index (χ1) is 7.74. The normalized spacial score (nSPS) is 23.6. The third-order valence-electron chi connectivity index (χ3n) is 3.72. The molecule has 0 aromatic heterocycles. The molecule has 0 spiro atoms. The van der Waals surface area contributed by atoms with E-state index in [1.165, 1.54) is 32.4 Å². The molecule has 1 heterocycles. The van der Waals surface area contributed by atoms with Crippen molar-refractivity contribution in [2.24, 2.45) is 5.92 Å². The van der Waals surface area contributed by atoms with Gasteiger partial charge in [0, 0.05) is 24.7 Å². The number of likely N-dealkylation sites (tertiary alicyclic amines) is 1. The van der Waals surface area contributed by atoms with Crippen molar-refractivity contribution in [1.29, 1.82) is 0 Å². The van der Waals surface area contributed by atoms with Crippen LogP contribution in [0.1, 0.15) is 32.1 Å². The van der Waals surface area contributed by atoms with Crippen molar-refractivity contribution < 1.29 is 4.79 Å². The lowest BCUT2D eigenvalue weighted by molar-refractivity contribution is -0.114. The molecule has 0 bridgehead atoms. The van der Waals surface area contributed by atoms with E-state index >= 15 is 0 Å². The van der Waals surface area contributed by atoms with E-state index in [1.807, 2.05) is 0 Å². The van der Waals surface area contributed by atoms with E-state index in [0.717, 1.165) is 24.6 Å². The standard InChI is InChI=1S/C13H22N2O/c1-15-8-5-11(6-9-15)4-7-14-12-2-3-13(16)10-12/h10-11,14H,2-9H2,1H3. The van der Waals surface area contributed by atoms with Gasteiger partial charge in [0.05, 0.1) is 0 Å². The first kappa shape index (κ1) is 11.6. The molecule has 0 aromatic carbocycles. The van der Waals surface area contributed by atoms with Crippen LogP contribution in [-0.4, -0.2) is 37.4 Å². The topological polar surface area (TPSA) is 32.3 Å². The molecule has 0 aromatic rings. The van der Waals surface area contributed by atoms with Gasteiger partial charge in [-0.1, -0.05) is 0 Å². The Labute approximate surface area is 97.9 Å². The van der Waals surface area contributed by atoms with Gasteiger partial charge in [0.15, 0.2) is 5.78 Å². The largest absolute Gasteiger partial charge is 0.388 e. The van der Waals surface area contributed by atoms with Gasteiger partial charge < -0.3 is 10.2 Å². The fraction of sp³-hybridized carbons (Fsp3) is 0.769. The average molecular weight is 222 g/mol. The summed E-state index contributed by atoms with van der Waals surface area (Å²) in [7, 11) is 2.20. The minimum Gasteiger partial charge on any atom is -0.388 e.